The van der Waals surface area contributed by atoms with E-state index in [-0.39, 0.29) is 0 Å². The zero-order chi connectivity index (χ0) is 14.9. The summed E-state index contributed by atoms with van der Waals surface area (Å²) >= 11 is 0. The Morgan fingerprint density at radius 3 is 2.86 bits per heavy atom. The van der Waals surface area contributed by atoms with Crippen molar-refractivity contribution in [3.8, 4) is 5.69 Å². The summed E-state index contributed by atoms with van der Waals surface area (Å²) in [7, 11) is 2.18. The standard InChI is InChI=1S/C17H19N5/c1-21-11-3-2-8-15(21)17-20-14-7-5-10-19-16(14)22(17)13-6-4-9-18-12-13/h4-7,9-10,12,15H,2-3,8,11H2,1H3. The monoisotopic (exact) mass is 293 g/mol. The minimum absolute atomic E-state index is 0.336. The second kappa shape index (κ2) is 5.50. The first-order valence-corrected chi connectivity index (χ1v) is 7.78. The number of likely N-dealkylation sites (tertiary alicyclic amines) is 1. The van der Waals surface area contributed by atoms with Gasteiger partial charge in [-0.2, -0.15) is 0 Å². The van der Waals surface area contributed by atoms with Crippen molar-refractivity contribution in [2.24, 2.45) is 0 Å². The molecule has 0 radical (unpaired) electrons. The number of pyridine rings is 2. The molecule has 1 atom stereocenters. The van der Waals surface area contributed by atoms with Gasteiger partial charge in [0.2, 0.25) is 0 Å². The van der Waals surface area contributed by atoms with Crippen LogP contribution in [0.15, 0.2) is 42.9 Å². The van der Waals surface area contributed by atoms with Crippen LogP contribution < -0.4 is 0 Å². The molecule has 0 aromatic carbocycles. The van der Waals surface area contributed by atoms with E-state index in [1.165, 1.54) is 12.8 Å². The van der Waals surface area contributed by atoms with E-state index >= 15 is 0 Å². The highest BCUT2D eigenvalue weighted by molar-refractivity contribution is 5.73. The van der Waals surface area contributed by atoms with Crippen LogP contribution in [0, 0.1) is 0 Å². The van der Waals surface area contributed by atoms with Crippen LogP contribution in [0.4, 0.5) is 0 Å². The quantitative estimate of drug-likeness (QED) is 0.729. The maximum atomic E-state index is 4.89. The lowest BCUT2D eigenvalue weighted by Crippen LogP contribution is -2.31. The van der Waals surface area contributed by atoms with E-state index in [2.05, 4.69) is 32.5 Å². The molecular formula is C17H19N5. The van der Waals surface area contributed by atoms with Crippen LogP contribution in [-0.4, -0.2) is 38.0 Å². The lowest BCUT2D eigenvalue weighted by atomic mass is 10.0. The molecule has 0 N–H and O–H groups in total. The van der Waals surface area contributed by atoms with E-state index in [1.807, 2.05) is 30.6 Å². The predicted molar refractivity (Wildman–Crippen MR) is 85.9 cm³/mol. The van der Waals surface area contributed by atoms with E-state index in [4.69, 9.17) is 4.98 Å². The van der Waals surface area contributed by atoms with Crippen molar-refractivity contribution < 1.29 is 0 Å². The van der Waals surface area contributed by atoms with E-state index in [1.54, 1.807) is 6.20 Å². The third-order valence-corrected chi connectivity index (χ3v) is 4.41. The minimum Gasteiger partial charge on any atom is -0.297 e. The first-order valence-electron chi connectivity index (χ1n) is 7.78. The van der Waals surface area contributed by atoms with Gasteiger partial charge in [-0.1, -0.05) is 6.42 Å². The largest absolute Gasteiger partial charge is 0.297 e. The first-order chi connectivity index (χ1) is 10.8. The van der Waals surface area contributed by atoms with E-state index in [0.29, 0.717) is 6.04 Å². The molecule has 1 fully saturated rings. The van der Waals surface area contributed by atoms with Crippen LogP contribution in [0.2, 0.25) is 0 Å². The van der Waals surface area contributed by atoms with Crippen molar-refractivity contribution >= 4 is 11.2 Å². The van der Waals surface area contributed by atoms with Gasteiger partial charge in [0.25, 0.3) is 0 Å². The molecule has 1 saturated heterocycles. The van der Waals surface area contributed by atoms with Gasteiger partial charge in [0.15, 0.2) is 5.65 Å². The van der Waals surface area contributed by atoms with Crippen molar-refractivity contribution in [1.82, 2.24) is 24.4 Å². The molecule has 3 aromatic rings. The van der Waals surface area contributed by atoms with Crippen molar-refractivity contribution in [2.45, 2.75) is 25.3 Å². The van der Waals surface area contributed by atoms with E-state index < -0.39 is 0 Å². The summed E-state index contributed by atoms with van der Waals surface area (Å²) in [4.78, 5) is 16.1. The Balaban J connectivity index is 1.94. The lowest BCUT2D eigenvalue weighted by Gasteiger charge is -2.32. The van der Waals surface area contributed by atoms with Gasteiger partial charge in [-0.3, -0.25) is 14.5 Å². The first kappa shape index (κ1) is 13.4. The fraction of sp³-hybridized carbons (Fsp3) is 0.353. The van der Waals surface area contributed by atoms with Crippen LogP contribution in [0.25, 0.3) is 16.9 Å². The van der Waals surface area contributed by atoms with Crippen LogP contribution in [0.3, 0.4) is 0 Å². The Labute approximate surface area is 129 Å². The topological polar surface area (TPSA) is 46.8 Å². The average molecular weight is 293 g/mol. The van der Waals surface area contributed by atoms with Gasteiger partial charge < -0.3 is 0 Å². The van der Waals surface area contributed by atoms with Gasteiger partial charge in [-0.25, -0.2) is 9.97 Å². The molecular weight excluding hydrogens is 274 g/mol. The summed E-state index contributed by atoms with van der Waals surface area (Å²) in [5, 5.41) is 0. The summed E-state index contributed by atoms with van der Waals surface area (Å²) in [6.07, 6.45) is 9.15. The van der Waals surface area contributed by atoms with Crippen LogP contribution in [0.1, 0.15) is 31.1 Å². The van der Waals surface area contributed by atoms with Crippen molar-refractivity contribution in [2.75, 3.05) is 13.6 Å². The van der Waals surface area contributed by atoms with Gasteiger partial charge in [0.1, 0.15) is 11.3 Å². The SMILES string of the molecule is CN1CCCCC1c1nc2cccnc2n1-c1cccnc1. The molecule has 0 bridgehead atoms. The van der Waals surface area contributed by atoms with Gasteiger partial charge in [-0.05, 0) is 50.7 Å². The van der Waals surface area contributed by atoms with Crippen molar-refractivity contribution in [1.29, 1.82) is 0 Å². The second-order valence-corrected chi connectivity index (χ2v) is 5.85. The summed E-state index contributed by atoms with van der Waals surface area (Å²) in [6.45, 7) is 1.12. The maximum Gasteiger partial charge on any atom is 0.164 e. The highest BCUT2D eigenvalue weighted by atomic mass is 15.2. The smallest absolute Gasteiger partial charge is 0.164 e. The summed E-state index contributed by atoms with van der Waals surface area (Å²) in [5.41, 5.74) is 2.88. The third-order valence-electron chi connectivity index (χ3n) is 4.41. The Kier molecular flexibility index (Phi) is 3.35. The molecule has 1 unspecified atom stereocenters. The molecule has 3 aromatic heterocycles. The maximum absolute atomic E-state index is 4.89. The molecule has 1 aliphatic heterocycles. The third kappa shape index (κ3) is 2.18. The predicted octanol–water partition coefficient (Wildman–Crippen LogP) is 2.97. The number of nitrogens with zero attached hydrogens (tertiary/aromatic N) is 5. The second-order valence-electron chi connectivity index (χ2n) is 5.85. The number of hydrogen-bond acceptors (Lipinski definition) is 4. The Morgan fingerprint density at radius 1 is 1.14 bits per heavy atom. The van der Waals surface area contributed by atoms with E-state index in [0.717, 1.165) is 35.6 Å². The molecule has 4 rings (SSSR count). The number of hydrogen-bond donors (Lipinski definition) is 0. The van der Waals surface area contributed by atoms with Gasteiger partial charge in [0, 0.05) is 12.4 Å². The number of aromatic nitrogens is 4. The molecule has 1 aliphatic rings. The molecule has 0 amide bonds. The normalized spacial score (nSPS) is 19.6. The summed E-state index contributed by atoms with van der Waals surface area (Å²) in [6, 6.07) is 8.33. The van der Waals surface area contributed by atoms with Crippen molar-refractivity contribution in [3.63, 3.8) is 0 Å². The van der Waals surface area contributed by atoms with Gasteiger partial charge in [0.05, 0.1) is 17.9 Å². The van der Waals surface area contributed by atoms with Gasteiger partial charge in [-0.15, -0.1) is 0 Å². The van der Waals surface area contributed by atoms with Gasteiger partial charge >= 0.3 is 0 Å². The van der Waals surface area contributed by atoms with Crippen LogP contribution in [-0.2, 0) is 0 Å². The number of rotatable bonds is 2. The fourth-order valence-electron chi connectivity index (χ4n) is 3.30. The molecule has 22 heavy (non-hydrogen) atoms. The Bertz CT molecular complexity index is 780. The fourth-order valence-corrected chi connectivity index (χ4v) is 3.30. The van der Waals surface area contributed by atoms with E-state index in [9.17, 15) is 0 Å². The molecule has 0 spiro atoms. The van der Waals surface area contributed by atoms with Crippen LogP contribution in [0.5, 0.6) is 0 Å². The number of fused-ring (bicyclic) bond motifs is 1. The van der Waals surface area contributed by atoms with Crippen LogP contribution >= 0.6 is 0 Å². The number of imidazole rings is 1. The van der Waals surface area contributed by atoms with Crippen molar-refractivity contribution in [3.05, 3.63) is 48.7 Å². The minimum atomic E-state index is 0.336. The Hall–Kier alpha value is -2.27. The average Bonchev–Trinajstić information content (AvgIpc) is 2.95. The summed E-state index contributed by atoms with van der Waals surface area (Å²) in [5.74, 6) is 1.07. The Morgan fingerprint density at radius 2 is 2.05 bits per heavy atom. The molecule has 0 saturated carbocycles. The highest BCUT2D eigenvalue weighted by Gasteiger charge is 2.27. The lowest BCUT2D eigenvalue weighted by molar-refractivity contribution is 0.178. The zero-order valence-electron chi connectivity index (χ0n) is 12.7. The molecule has 112 valence electrons. The number of piperidine rings is 1. The molecule has 0 aliphatic carbocycles. The molecule has 4 heterocycles. The highest BCUT2D eigenvalue weighted by Crippen LogP contribution is 2.32. The molecule has 5 nitrogen and oxygen atoms in total. The summed E-state index contributed by atoms with van der Waals surface area (Å²) < 4.78 is 2.16. The molecule has 5 heteroatoms. The zero-order valence-corrected chi connectivity index (χ0v) is 12.7.